The third-order valence-corrected chi connectivity index (χ3v) is 3.13. The molecule has 0 radical (unpaired) electrons. The smallest absolute Gasteiger partial charge is 0.0900 e. The van der Waals surface area contributed by atoms with Crippen LogP contribution in [0.5, 0.6) is 0 Å². The minimum atomic E-state index is -0.371. The van der Waals surface area contributed by atoms with Crippen molar-refractivity contribution < 1.29 is 9.84 Å². The number of aliphatic hydroxyl groups excluding tert-OH is 1. The molecule has 2 N–H and O–H groups in total. The van der Waals surface area contributed by atoms with E-state index in [0.29, 0.717) is 12.6 Å². The van der Waals surface area contributed by atoms with Crippen LogP contribution in [0, 0.1) is 0 Å². The second-order valence-corrected chi connectivity index (χ2v) is 5.18. The van der Waals surface area contributed by atoms with Gasteiger partial charge in [-0.05, 0) is 39.8 Å². The second kappa shape index (κ2) is 8.03. The van der Waals surface area contributed by atoms with E-state index in [-0.39, 0.29) is 12.2 Å². The quantitative estimate of drug-likeness (QED) is 0.664. The van der Waals surface area contributed by atoms with E-state index in [0.717, 1.165) is 32.6 Å². The zero-order valence-electron chi connectivity index (χ0n) is 11.5. The molecule has 0 aromatic heterocycles. The average Bonchev–Trinajstić information content (AvgIpc) is 2.79. The lowest BCUT2D eigenvalue weighted by Crippen LogP contribution is -2.43. The molecule has 1 aliphatic rings. The van der Waals surface area contributed by atoms with Crippen LogP contribution in [-0.2, 0) is 4.74 Å². The van der Waals surface area contributed by atoms with E-state index in [9.17, 15) is 5.11 Å². The highest BCUT2D eigenvalue weighted by atomic mass is 16.5. The van der Waals surface area contributed by atoms with Crippen LogP contribution in [0.15, 0.2) is 0 Å². The van der Waals surface area contributed by atoms with E-state index in [1.807, 2.05) is 13.8 Å². The second-order valence-electron chi connectivity index (χ2n) is 5.18. The first kappa shape index (κ1) is 14.9. The first-order valence-electron chi connectivity index (χ1n) is 6.88. The van der Waals surface area contributed by atoms with Crippen LogP contribution in [0.4, 0.5) is 0 Å². The largest absolute Gasteiger partial charge is 0.389 e. The van der Waals surface area contributed by atoms with Gasteiger partial charge in [0.25, 0.3) is 0 Å². The molecular weight excluding hydrogens is 216 g/mol. The zero-order valence-corrected chi connectivity index (χ0v) is 11.5. The van der Waals surface area contributed by atoms with Gasteiger partial charge in [0, 0.05) is 19.1 Å². The maximum atomic E-state index is 9.97. The maximum absolute atomic E-state index is 9.97. The highest BCUT2D eigenvalue weighted by Gasteiger charge is 2.23. The van der Waals surface area contributed by atoms with Gasteiger partial charge in [0.2, 0.25) is 0 Å². The minimum Gasteiger partial charge on any atom is -0.389 e. The van der Waals surface area contributed by atoms with Crippen LogP contribution in [0.3, 0.4) is 0 Å². The van der Waals surface area contributed by atoms with E-state index in [2.05, 4.69) is 17.1 Å². The van der Waals surface area contributed by atoms with Crippen molar-refractivity contribution in [2.24, 2.45) is 0 Å². The fraction of sp³-hybridized carbons (Fsp3) is 1.00. The van der Waals surface area contributed by atoms with Gasteiger partial charge in [0.15, 0.2) is 0 Å². The summed E-state index contributed by atoms with van der Waals surface area (Å²) in [7, 11) is 0. The molecule has 2 atom stereocenters. The summed E-state index contributed by atoms with van der Waals surface area (Å²) < 4.78 is 5.45. The molecule has 1 saturated heterocycles. The average molecular weight is 244 g/mol. The molecule has 0 aromatic rings. The van der Waals surface area contributed by atoms with Gasteiger partial charge < -0.3 is 15.2 Å². The van der Waals surface area contributed by atoms with Crippen molar-refractivity contribution in [2.45, 2.75) is 51.9 Å². The molecule has 1 heterocycles. The van der Waals surface area contributed by atoms with Crippen molar-refractivity contribution in [1.29, 1.82) is 0 Å². The number of nitrogens with zero attached hydrogens (tertiary/aromatic N) is 1. The van der Waals surface area contributed by atoms with E-state index in [4.69, 9.17) is 4.74 Å². The van der Waals surface area contributed by atoms with Crippen LogP contribution in [-0.4, -0.2) is 61.0 Å². The monoisotopic (exact) mass is 244 g/mol. The molecular formula is C13H28N2O2. The molecule has 1 rings (SSSR count). The predicted molar refractivity (Wildman–Crippen MR) is 70.2 cm³/mol. The van der Waals surface area contributed by atoms with Crippen molar-refractivity contribution in [3.8, 4) is 0 Å². The molecule has 0 aromatic carbocycles. The normalized spacial score (nSPS) is 22.6. The summed E-state index contributed by atoms with van der Waals surface area (Å²) in [4.78, 5) is 2.40. The lowest BCUT2D eigenvalue weighted by molar-refractivity contribution is -0.0132. The van der Waals surface area contributed by atoms with Gasteiger partial charge in [-0.25, -0.2) is 0 Å². The molecule has 0 saturated carbocycles. The SMILES string of the molecule is CCCN(CC(O)COC(C)C)C1CCNC1. The van der Waals surface area contributed by atoms with Gasteiger partial charge in [0.1, 0.15) is 0 Å². The third kappa shape index (κ3) is 5.82. The number of nitrogens with one attached hydrogen (secondary N) is 1. The maximum Gasteiger partial charge on any atom is 0.0900 e. The molecule has 17 heavy (non-hydrogen) atoms. The zero-order chi connectivity index (χ0) is 12.7. The number of hydrogen-bond acceptors (Lipinski definition) is 4. The molecule has 0 bridgehead atoms. The topological polar surface area (TPSA) is 44.7 Å². The summed E-state index contributed by atoms with van der Waals surface area (Å²) in [5, 5.41) is 13.3. The highest BCUT2D eigenvalue weighted by Crippen LogP contribution is 2.10. The fourth-order valence-electron chi connectivity index (χ4n) is 2.29. The molecule has 2 unspecified atom stereocenters. The Bertz CT molecular complexity index is 194. The Balaban J connectivity index is 2.31. The summed E-state index contributed by atoms with van der Waals surface area (Å²) in [6.45, 7) is 10.6. The lowest BCUT2D eigenvalue weighted by Gasteiger charge is -2.30. The van der Waals surface area contributed by atoms with Crippen molar-refractivity contribution in [3.63, 3.8) is 0 Å². The van der Waals surface area contributed by atoms with E-state index < -0.39 is 0 Å². The molecule has 4 heteroatoms. The molecule has 1 fully saturated rings. The van der Waals surface area contributed by atoms with Crippen LogP contribution in [0.1, 0.15) is 33.6 Å². The van der Waals surface area contributed by atoms with E-state index >= 15 is 0 Å². The summed E-state index contributed by atoms with van der Waals surface area (Å²) in [6, 6.07) is 0.587. The summed E-state index contributed by atoms with van der Waals surface area (Å²) in [6.07, 6.45) is 2.15. The number of aliphatic hydroxyl groups is 1. The third-order valence-electron chi connectivity index (χ3n) is 3.13. The van der Waals surface area contributed by atoms with Crippen molar-refractivity contribution in [1.82, 2.24) is 10.2 Å². The number of ether oxygens (including phenoxy) is 1. The predicted octanol–water partition coefficient (Wildman–Crippen LogP) is 0.846. The standard InChI is InChI=1S/C13H28N2O2/c1-4-7-15(12-5-6-14-8-12)9-13(16)10-17-11(2)3/h11-14,16H,4-10H2,1-3H3. The molecule has 102 valence electrons. The first-order chi connectivity index (χ1) is 8.13. The lowest BCUT2D eigenvalue weighted by atomic mass is 10.2. The Labute approximate surface area is 105 Å². The van der Waals surface area contributed by atoms with Gasteiger partial charge in [0.05, 0.1) is 18.8 Å². The molecule has 0 amide bonds. The van der Waals surface area contributed by atoms with Crippen molar-refractivity contribution >= 4 is 0 Å². The number of rotatable bonds is 8. The van der Waals surface area contributed by atoms with Gasteiger partial charge in [-0.2, -0.15) is 0 Å². The van der Waals surface area contributed by atoms with Gasteiger partial charge in [-0.15, -0.1) is 0 Å². The van der Waals surface area contributed by atoms with Crippen LogP contribution >= 0.6 is 0 Å². The van der Waals surface area contributed by atoms with Crippen LogP contribution < -0.4 is 5.32 Å². The Morgan fingerprint density at radius 3 is 2.76 bits per heavy atom. The molecule has 4 nitrogen and oxygen atoms in total. The molecule has 0 spiro atoms. The fourth-order valence-corrected chi connectivity index (χ4v) is 2.29. The Morgan fingerprint density at radius 2 is 2.24 bits per heavy atom. The van der Waals surface area contributed by atoms with Gasteiger partial charge in [-0.3, -0.25) is 4.90 Å². The van der Waals surface area contributed by atoms with E-state index in [1.165, 1.54) is 6.42 Å². The van der Waals surface area contributed by atoms with Gasteiger partial charge >= 0.3 is 0 Å². The Hall–Kier alpha value is -0.160. The van der Waals surface area contributed by atoms with E-state index in [1.54, 1.807) is 0 Å². The van der Waals surface area contributed by atoms with Gasteiger partial charge in [-0.1, -0.05) is 6.92 Å². The Morgan fingerprint density at radius 1 is 1.47 bits per heavy atom. The summed E-state index contributed by atoms with van der Waals surface area (Å²) >= 11 is 0. The van der Waals surface area contributed by atoms with Crippen molar-refractivity contribution in [2.75, 3.05) is 32.8 Å². The highest BCUT2D eigenvalue weighted by molar-refractivity contribution is 4.81. The first-order valence-corrected chi connectivity index (χ1v) is 6.88. The molecule has 1 aliphatic heterocycles. The van der Waals surface area contributed by atoms with Crippen LogP contribution in [0.2, 0.25) is 0 Å². The van der Waals surface area contributed by atoms with Crippen LogP contribution in [0.25, 0.3) is 0 Å². The van der Waals surface area contributed by atoms with Crippen molar-refractivity contribution in [3.05, 3.63) is 0 Å². The number of hydrogen-bond donors (Lipinski definition) is 2. The summed E-state index contributed by atoms with van der Waals surface area (Å²) in [5.74, 6) is 0. The summed E-state index contributed by atoms with van der Waals surface area (Å²) in [5.41, 5.74) is 0. The Kier molecular flexibility index (Phi) is 7.04. The molecule has 0 aliphatic carbocycles. The minimum absolute atomic E-state index is 0.192.